The Bertz CT molecular complexity index is 888. The standard InChI is InChI=1S/C24H29NO2S/c1-24-9-7-16(11-15-3-4-15)20(12-17-5-6-19(26)13-21(17)24)22(24)25(2)23(27)18-8-10-28-14-18/h5-6,8,10,13-16,20,22,26H,3-4,7,9,11-12H2,1-2H3/t16?,20-,22+,24-/m0/s1. The first-order chi connectivity index (χ1) is 13.5. The number of carbonyl (C=O) groups excluding carboxylic acids is 1. The fourth-order valence-corrected chi connectivity index (χ4v) is 6.81. The third-order valence-corrected chi connectivity index (χ3v) is 8.38. The maximum atomic E-state index is 13.3. The number of nitrogens with zero attached hydrogens (tertiary/aromatic N) is 1. The number of phenols is 1. The van der Waals surface area contributed by atoms with Gasteiger partial charge in [-0.2, -0.15) is 11.3 Å². The van der Waals surface area contributed by atoms with Gasteiger partial charge in [-0.05, 0) is 78.1 Å². The molecule has 3 aliphatic rings. The van der Waals surface area contributed by atoms with Gasteiger partial charge >= 0.3 is 0 Å². The molecule has 28 heavy (non-hydrogen) atoms. The van der Waals surface area contributed by atoms with E-state index in [1.807, 2.05) is 40.9 Å². The number of hydrogen-bond donors (Lipinski definition) is 1. The second kappa shape index (κ2) is 6.62. The quantitative estimate of drug-likeness (QED) is 0.769. The molecule has 2 saturated carbocycles. The summed E-state index contributed by atoms with van der Waals surface area (Å²) in [5.74, 6) is 2.59. The summed E-state index contributed by atoms with van der Waals surface area (Å²) in [6.45, 7) is 2.33. The highest BCUT2D eigenvalue weighted by Crippen LogP contribution is 2.55. The molecule has 1 aromatic heterocycles. The van der Waals surface area contributed by atoms with Crippen LogP contribution >= 0.6 is 11.3 Å². The van der Waals surface area contributed by atoms with Crippen LogP contribution in [0.25, 0.3) is 0 Å². The van der Waals surface area contributed by atoms with E-state index in [0.29, 0.717) is 17.6 Å². The number of aromatic hydroxyl groups is 1. The van der Waals surface area contributed by atoms with Gasteiger partial charge in [-0.15, -0.1) is 0 Å². The van der Waals surface area contributed by atoms with Crippen LogP contribution in [0, 0.1) is 17.8 Å². The molecule has 1 aromatic carbocycles. The van der Waals surface area contributed by atoms with Crippen molar-refractivity contribution in [1.82, 2.24) is 4.90 Å². The zero-order valence-corrected chi connectivity index (χ0v) is 17.5. The molecule has 1 unspecified atom stereocenters. The molecule has 0 saturated heterocycles. The lowest BCUT2D eigenvalue weighted by atomic mass is 9.53. The average molecular weight is 396 g/mol. The minimum Gasteiger partial charge on any atom is -0.508 e. The van der Waals surface area contributed by atoms with Crippen LogP contribution in [0.5, 0.6) is 5.75 Å². The normalized spacial score (nSPS) is 31.3. The van der Waals surface area contributed by atoms with Crippen LogP contribution in [-0.4, -0.2) is 29.0 Å². The van der Waals surface area contributed by atoms with Crippen LogP contribution in [0.4, 0.5) is 0 Å². The molecule has 2 bridgehead atoms. The first-order valence-corrected chi connectivity index (χ1v) is 11.5. The largest absolute Gasteiger partial charge is 0.508 e. The van der Waals surface area contributed by atoms with Gasteiger partial charge < -0.3 is 10.0 Å². The average Bonchev–Trinajstić information content (AvgIpc) is 3.33. The van der Waals surface area contributed by atoms with Crippen LogP contribution in [0.1, 0.15) is 60.5 Å². The van der Waals surface area contributed by atoms with E-state index in [9.17, 15) is 9.90 Å². The SMILES string of the molecule is CN(C(=O)c1ccsc1)[C@@H]1[C@H]2Cc3ccc(O)cc3[C@]1(C)CCC2CC1CC1. The second-order valence-corrected chi connectivity index (χ2v) is 10.3. The molecular weight excluding hydrogens is 366 g/mol. The Hall–Kier alpha value is -1.81. The van der Waals surface area contributed by atoms with Crippen molar-refractivity contribution in [3.05, 3.63) is 51.7 Å². The number of benzene rings is 1. The molecule has 2 fully saturated rings. The molecule has 0 spiro atoms. The summed E-state index contributed by atoms with van der Waals surface area (Å²) in [4.78, 5) is 15.3. The Balaban J connectivity index is 1.57. The molecule has 1 heterocycles. The Kier molecular flexibility index (Phi) is 4.31. The highest BCUT2D eigenvalue weighted by molar-refractivity contribution is 7.08. The summed E-state index contributed by atoms with van der Waals surface area (Å²) in [5.41, 5.74) is 3.33. The first-order valence-electron chi connectivity index (χ1n) is 10.6. The van der Waals surface area contributed by atoms with Crippen molar-refractivity contribution in [1.29, 1.82) is 0 Å². The lowest BCUT2D eigenvalue weighted by Crippen LogP contribution is -2.61. The van der Waals surface area contributed by atoms with Gasteiger partial charge in [-0.1, -0.05) is 25.8 Å². The lowest BCUT2D eigenvalue weighted by molar-refractivity contribution is 0.00752. The van der Waals surface area contributed by atoms with E-state index in [2.05, 4.69) is 13.0 Å². The van der Waals surface area contributed by atoms with Gasteiger partial charge in [0.15, 0.2) is 0 Å². The number of fused-ring (bicyclic) bond motifs is 4. The molecule has 4 heteroatoms. The number of phenolic OH excluding ortho intramolecular Hbond substituents is 1. The zero-order valence-electron chi connectivity index (χ0n) is 16.7. The van der Waals surface area contributed by atoms with Crippen molar-refractivity contribution >= 4 is 17.2 Å². The fraction of sp³-hybridized carbons (Fsp3) is 0.542. The fourth-order valence-electron chi connectivity index (χ4n) is 6.18. The molecule has 3 aliphatic carbocycles. The smallest absolute Gasteiger partial charge is 0.254 e. The summed E-state index contributed by atoms with van der Waals surface area (Å²) in [6, 6.07) is 8.03. The molecule has 148 valence electrons. The highest BCUT2D eigenvalue weighted by atomic mass is 32.1. The van der Waals surface area contributed by atoms with Gasteiger partial charge in [0.25, 0.3) is 5.91 Å². The van der Waals surface area contributed by atoms with E-state index in [1.54, 1.807) is 11.3 Å². The van der Waals surface area contributed by atoms with E-state index in [4.69, 9.17) is 0 Å². The molecule has 1 amide bonds. The molecule has 0 radical (unpaired) electrons. The molecule has 0 aliphatic heterocycles. The van der Waals surface area contributed by atoms with E-state index < -0.39 is 0 Å². The van der Waals surface area contributed by atoms with Crippen LogP contribution in [-0.2, 0) is 11.8 Å². The predicted octanol–water partition coefficient (Wildman–Crippen LogP) is 5.23. The molecule has 3 nitrogen and oxygen atoms in total. The Morgan fingerprint density at radius 3 is 2.82 bits per heavy atom. The van der Waals surface area contributed by atoms with Gasteiger partial charge in [0, 0.05) is 23.9 Å². The summed E-state index contributed by atoms with van der Waals surface area (Å²) in [6.07, 6.45) is 7.45. The third kappa shape index (κ3) is 2.88. The van der Waals surface area contributed by atoms with Gasteiger partial charge in [0.1, 0.15) is 5.75 Å². The van der Waals surface area contributed by atoms with E-state index in [0.717, 1.165) is 24.3 Å². The number of rotatable bonds is 4. The summed E-state index contributed by atoms with van der Waals surface area (Å²) >= 11 is 1.58. The zero-order chi connectivity index (χ0) is 19.5. The van der Waals surface area contributed by atoms with E-state index >= 15 is 0 Å². The Labute approximate surface area is 171 Å². The minimum atomic E-state index is -0.0997. The van der Waals surface area contributed by atoms with Crippen LogP contribution < -0.4 is 0 Å². The third-order valence-electron chi connectivity index (χ3n) is 7.70. The summed E-state index contributed by atoms with van der Waals surface area (Å²) < 4.78 is 0. The lowest BCUT2D eigenvalue weighted by Gasteiger charge is -2.57. The highest BCUT2D eigenvalue weighted by Gasteiger charge is 2.54. The maximum absolute atomic E-state index is 13.3. The van der Waals surface area contributed by atoms with Gasteiger partial charge in [0.2, 0.25) is 0 Å². The van der Waals surface area contributed by atoms with Crippen molar-refractivity contribution in [3.8, 4) is 5.75 Å². The topological polar surface area (TPSA) is 40.5 Å². The first kappa shape index (κ1) is 18.2. The van der Waals surface area contributed by atoms with Gasteiger partial charge in [0.05, 0.1) is 5.56 Å². The van der Waals surface area contributed by atoms with Crippen molar-refractivity contribution in [2.24, 2.45) is 17.8 Å². The van der Waals surface area contributed by atoms with Crippen LogP contribution in [0.3, 0.4) is 0 Å². The van der Waals surface area contributed by atoms with E-state index in [1.165, 1.54) is 36.8 Å². The van der Waals surface area contributed by atoms with Gasteiger partial charge in [-0.25, -0.2) is 0 Å². The van der Waals surface area contributed by atoms with Crippen LogP contribution in [0.2, 0.25) is 0 Å². The number of thiophene rings is 1. The number of carbonyl (C=O) groups is 1. The molecule has 5 rings (SSSR count). The molecule has 4 atom stereocenters. The maximum Gasteiger partial charge on any atom is 0.254 e. The van der Waals surface area contributed by atoms with Crippen molar-refractivity contribution in [3.63, 3.8) is 0 Å². The predicted molar refractivity (Wildman–Crippen MR) is 113 cm³/mol. The van der Waals surface area contributed by atoms with Crippen molar-refractivity contribution in [2.45, 2.75) is 56.9 Å². The number of hydrogen-bond acceptors (Lipinski definition) is 3. The Morgan fingerprint density at radius 2 is 2.11 bits per heavy atom. The Morgan fingerprint density at radius 1 is 1.29 bits per heavy atom. The van der Waals surface area contributed by atoms with E-state index in [-0.39, 0.29) is 17.4 Å². The molecular formula is C24H29NO2S. The summed E-state index contributed by atoms with van der Waals surface area (Å²) in [7, 11) is 2.00. The molecule has 2 aromatic rings. The number of amides is 1. The van der Waals surface area contributed by atoms with Crippen molar-refractivity contribution < 1.29 is 9.90 Å². The van der Waals surface area contributed by atoms with Crippen LogP contribution in [0.15, 0.2) is 35.0 Å². The second-order valence-electron chi connectivity index (χ2n) is 9.48. The molecule has 1 N–H and O–H groups in total. The number of likely N-dealkylation sites (N-methyl/N-ethyl adjacent to an activating group) is 1. The monoisotopic (exact) mass is 395 g/mol. The minimum absolute atomic E-state index is 0.0997. The van der Waals surface area contributed by atoms with Crippen molar-refractivity contribution in [2.75, 3.05) is 7.05 Å². The van der Waals surface area contributed by atoms with Gasteiger partial charge in [-0.3, -0.25) is 4.79 Å². The summed E-state index contributed by atoms with van der Waals surface area (Å²) in [5, 5.41) is 14.1.